The van der Waals surface area contributed by atoms with Gasteiger partial charge in [0, 0.05) is 11.9 Å². The van der Waals surface area contributed by atoms with Gasteiger partial charge < -0.3 is 15.8 Å². The molecule has 0 amide bonds. The molecular formula is C14H15ClN2O3S. The highest BCUT2D eigenvalue weighted by atomic mass is 35.5. The summed E-state index contributed by atoms with van der Waals surface area (Å²) in [5.74, 6) is 0.556. The van der Waals surface area contributed by atoms with Crippen molar-refractivity contribution in [1.82, 2.24) is 0 Å². The zero-order valence-corrected chi connectivity index (χ0v) is 13.1. The smallest absolute Gasteiger partial charge is 0.177 e. The normalized spacial score (nSPS) is 11.2. The summed E-state index contributed by atoms with van der Waals surface area (Å²) in [6.45, 7) is 0. The summed E-state index contributed by atoms with van der Waals surface area (Å²) in [5.41, 5.74) is 7.26. The van der Waals surface area contributed by atoms with Gasteiger partial charge in [0.1, 0.15) is 5.75 Å². The van der Waals surface area contributed by atoms with E-state index in [1.807, 2.05) is 0 Å². The quantitative estimate of drug-likeness (QED) is 0.844. The number of hydrogen-bond acceptors (Lipinski definition) is 5. The van der Waals surface area contributed by atoms with Gasteiger partial charge >= 0.3 is 0 Å². The number of anilines is 3. The van der Waals surface area contributed by atoms with Gasteiger partial charge in [0.2, 0.25) is 0 Å². The number of rotatable bonds is 4. The molecule has 5 nitrogen and oxygen atoms in total. The lowest BCUT2D eigenvalue weighted by molar-refractivity contribution is 0.415. The van der Waals surface area contributed by atoms with Crippen molar-refractivity contribution in [2.24, 2.45) is 0 Å². The van der Waals surface area contributed by atoms with Crippen LogP contribution in [-0.4, -0.2) is 21.8 Å². The molecular weight excluding hydrogens is 312 g/mol. The van der Waals surface area contributed by atoms with E-state index in [-0.39, 0.29) is 10.6 Å². The highest BCUT2D eigenvalue weighted by molar-refractivity contribution is 7.90. The number of nitrogens with two attached hydrogens (primary N) is 1. The highest BCUT2D eigenvalue weighted by Crippen LogP contribution is 2.32. The number of nitrogen functional groups attached to an aromatic ring is 1. The van der Waals surface area contributed by atoms with Crippen LogP contribution in [-0.2, 0) is 9.84 Å². The molecule has 3 N–H and O–H groups in total. The molecule has 0 spiro atoms. The van der Waals surface area contributed by atoms with Gasteiger partial charge in [0.15, 0.2) is 9.84 Å². The van der Waals surface area contributed by atoms with Crippen molar-refractivity contribution in [3.63, 3.8) is 0 Å². The van der Waals surface area contributed by atoms with E-state index in [0.717, 1.165) is 6.26 Å². The molecule has 0 bridgehead atoms. The van der Waals surface area contributed by atoms with E-state index in [1.165, 1.54) is 13.2 Å². The standard InChI is InChI=1S/C14H15ClN2O3S/c1-20-12-7-6-9(8-10(12)15)17-11-4-3-5-13(14(11)16)21(2,18)19/h3-8,17H,16H2,1-2H3. The number of hydrogen-bond donors (Lipinski definition) is 2. The van der Waals surface area contributed by atoms with Crippen molar-refractivity contribution in [3.05, 3.63) is 41.4 Å². The molecule has 7 heteroatoms. The Hall–Kier alpha value is -1.92. The third-order valence-electron chi connectivity index (χ3n) is 2.90. The molecule has 0 aromatic heterocycles. The van der Waals surface area contributed by atoms with E-state index in [9.17, 15) is 8.42 Å². The summed E-state index contributed by atoms with van der Waals surface area (Å²) in [5, 5.41) is 3.49. The zero-order valence-electron chi connectivity index (χ0n) is 11.6. The van der Waals surface area contributed by atoms with Crippen LogP contribution >= 0.6 is 11.6 Å². The summed E-state index contributed by atoms with van der Waals surface area (Å²) in [6, 6.07) is 9.94. The van der Waals surface area contributed by atoms with Crippen LogP contribution in [0.15, 0.2) is 41.3 Å². The average Bonchev–Trinajstić information content (AvgIpc) is 2.40. The number of benzene rings is 2. The molecule has 0 aliphatic heterocycles. The summed E-state index contributed by atoms with van der Waals surface area (Å²) in [6.07, 6.45) is 1.12. The van der Waals surface area contributed by atoms with Crippen molar-refractivity contribution >= 4 is 38.5 Å². The molecule has 0 radical (unpaired) electrons. The van der Waals surface area contributed by atoms with Gasteiger partial charge in [-0.1, -0.05) is 17.7 Å². The molecule has 21 heavy (non-hydrogen) atoms. The molecule has 0 saturated carbocycles. The lowest BCUT2D eigenvalue weighted by atomic mass is 10.2. The summed E-state index contributed by atoms with van der Waals surface area (Å²) in [4.78, 5) is 0.0899. The van der Waals surface area contributed by atoms with Crippen LogP contribution in [0.1, 0.15) is 0 Å². The maximum Gasteiger partial charge on any atom is 0.177 e. The largest absolute Gasteiger partial charge is 0.495 e. The molecule has 0 heterocycles. The molecule has 2 aromatic carbocycles. The second kappa shape index (κ2) is 5.83. The molecule has 2 rings (SSSR count). The Morgan fingerprint density at radius 2 is 1.95 bits per heavy atom. The Bertz CT molecular complexity index is 776. The number of sulfone groups is 1. The Labute approximate surface area is 128 Å². The number of nitrogens with one attached hydrogen (secondary N) is 1. The fourth-order valence-corrected chi connectivity index (χ4v) is 2.97. The Morgan fingerprint density at radius 1 is 1.24 bits per heavy atom. The molecule has 0 fully saturated rings. The molecule has 0 aliphatic rings. The zero-order chi connectivity index (χ0) is 15.6. The van der Waals surface area contributed by atoms with Gasteiger partial charge in [-0.2, -0.15) is 0 Å². The predicted octanol–water partition coefficient (Wildman–Crippen LogP) is 3.08. The first kappa shape index (κ1) is 15.5. The minimum Gasteiger partial charge on any atom is -0.495 e. The molecule has 112 valence electrons. The van der Waals surface area contributed by atoms with Crippen molar-refractivity contribution in [2.45, 2.75) is 4.90 Å². The SMILES string of the molecule is COc1ccc(Nc2cccc(S(C)(=O)=O)c2N)cc1Cl. The first-order valence-electron chi connectivity index (χ1n) is 6.02. The highest BCUT2D eigenvalue weighted by Gasteiger charge is 2.14. The summed E-state index contributed by atoms with van der Waals surface area (Å²) >= 11 is 6.05. The van der Waals surface area contributed by atoms with E-state index in [4.69, 9.17) is 22.1 Å². The van der Waals surface area contributed by atoms with E-state index in [1.54, 1.807) is 30.3 Å². The molecule has 2 aromatic rings. The second-order valence-corrected chi connectivity index (χ2v) is 6.86. The van der Waals surface area contributed by atoms with E-state index in [0.29, 0.717) is 22.1 Å². The van der Waals surface area contributed by atoms with Crippen LogP contribution in [0.25, 0.3) is 0 Å². The van der Waals surface area contributed by atoms with Gasteiger partial charge in [-0.3, -0.25) is 0 Å². The third kappa shape index (κ3) is 3.40. The van der Waals surface area contributed by atoms with Gasteiger partial charge in [0.25, 0.3) is 0 Å². The van der Waals surface area contributed by atoms with Crippen LogP contribution in [0.4, 0.5) is 17.1 Å². The Morgan fingerprint density at radius 3 is 2.52 bits per heavy atom. The molecule has 0 atom stereocenters. The number of halogens is 1. The Kier molecular flexibility index (Phi) is 4.29. The van der Waals surface area contributed by atoms with Crippen molar-refractivity contribution in [1.29, 1.82) is 0 Å². The molecule has 0 aliphatic carbocycles. The topological polar surface area (TPSA) is 81.4 Å². The van der Waals surface area contributed by atoms with Crippen LogP contribution in [0.5, 0.6) is 5.75 Å². The lowest BCUT2D eigenvalue weighted by Crippen LogP contribution is -2.05. The van der Waals surface area contributed by atoms with E-state index in [2.05, 4.69) is 5.32 Å². The monoisotopic (exact) mass is 326 g/mol. The van der Waals surface area contributed by atoms with Gasteiger partial charge in [-0.25, -0.2) is 8.42 Å². The average molecular weight is 327 g/mol. The summed E-state index contributed by atoms with van der Waals surface area (Å²) in [7, 11) is -1.85. The van der Waals surface area contributed by atoms with E-state index >= 15 is 0 Å². The van der Waals surface area contributed by atoms with Crippen LogP contribution < -0.4 is 15.8 Å². The number of ether oxygens (including phenoxy) is 1. The van der Waals surface area contributed by atoms with Crippen molar-refractivity contribution in [3.8, 4) is 5.75 Å². The summed E-state index contributed by atoms with van der Waals surface area (Å²) < 4.78 is 28.4. The first-order chi connectivity index (χ1) is 9.82. The van der Waals surface area contributed by atoms with Crippen LogP contribution in [0.2, 0.25) is 5.02 Å². The number of para-hydroxylation sites is 1. The fraction of sp³-hybridized carbons (Fsp3) is 0.143. The Balaban J connectivity index is 2.39. The number of methoxy groups -OCH3 is 1. The molecule has 0 saturated heterocycles. The molecule has 0 unspecified atom stereocenters. The fourth-order valence-electron chi connectivity index (χ4n) is 1.88. The maximum absolute atomic E-state index is 11.7. The maximum atomic E-state index is 11.7. The van der Waals surface area contributed by atoms with Crippen molar-refractivity contribution < 1.29 is 13.2 Å². The van der Waals surface area contributed by atoms with Gasteiger partial charge in [-0.15, -0.1) is 0 Å². The third-order valence-corrected chi connectivity index (χ3v) is 4.35. The van der Waals surface area contributed by atoms with Crippen LogP contribution in [0.3, 0.4) is 0 Å². The first-order valence-corrected chi connectivity index (χ1v) is 8.29. The van der Waals surface area contributed by atoms with E-state index < -0.39 is 9.84 Å². The van der Waals surface area contributed by atoms with Gasteiger partial charge in [0.05, 0.1) is 28.4 Å². The van der Waals surface area contributed by atoms with Gasteiger partial charge in [-0.05, 0) is 30.3 Å². The minimum atomic E-state index is -3.38. The minimum absolute atomic E-state index is 0.0899. The van der Waals surface area contributed by atoms with Crippen molar-refractivity contribution in [2.75, 3.05) is 24.4 Å². The van der Waals surface area contributed by atoms with Crippen LogP contribution in [0, 0.1) is 0 Å². The lowest BCUT2D eigenvalue weighted by Gasteiger charge is -2.13. The predicted molar refractivity (Wildman–Crippen MR) is 85.3 cm³/mol. The second-order valence-electron chi connectivity index (χ2n) is 4.46.